The van der Waals surface area contributed by atoms with Gasteiger partial charge in [0.1, 0.15) is 17.1 Å². The molecule has 0 saturated carbocycles. The van der Waals surface area contributed by atoms with Crippen LogP contribution >= 0.6 is 23.2 Å². The van der Waals surface area contributed by atoms with Crippen molar-refractivity contribution in [3.8, 4) is 5.75 Å². The number of hydrogen-bond acceptors (Lipinski definition) is 4. The number of anilines is 1. The van der Waals surface area contributed by atoms with E-state index in [4.69, 9.17) is 23.2 Å². The van der Waals surface area contributed by atoms with Crippen LogP contribution in [0.3, 0.4) is 0 Å². The first kappa shape index (κ1) is 17.6. The van der Waals surface area contributed by atoms with Crippen LogP contribution in [0.5, 0.6) is 5.75 Å². The van der Waals surface area contributed by atoms with Gasteiger partial charge in [-0.25, -0.2) is 4.98 Å². The zero-order valence-electron chi connectivity index (χ0n) is 14.1. The van der Waals surface area contributed by atoms with Crippen LogP contribution in [0.15, 0.2) is 73.1 Å². The number of phenols is 1. The van der Waals surface area contributed by atoms with Gasteiger partial charge in [0.15, 0.2) is 0 Å². The van der Waals surface area contributed by atoms with Crippen molar-refractivity contribution in [1.82, 2.24) is 9.97 Å². The van der Waals surface area contributed by atoms with Crippen LogP contribution in [0, 0.1) is 0 Å². The van der Waals surface area contributed by atoms with Gasteiger partial charge >= 0.3 is 0 Å². The average molecular weight is 396 g/mol. The fourth-order valence-electron chi connectivity index (χ4n) is 3.01. The van der Waals surface area contributed by atoms with E-state index in [1.807, 2.05) is 48.5 Å². The Hall–Kier alpha value is -2.82. The Morgan fingerprint density at radius 2 is 1.70 bits per heavy atom. The van der Waals surface area contributed by atoms with Crippen LogP contribution in [0.2, 0.25) is 10.0 Å². The lowest BCUT2D eigenvalue weighted by atomic mass is 9.96. The molecule has 0 aliphatic carbocycles. The Balaban J connectivity index is 1.87. The van der Waals surface area contributed by atoms with Crippen LogP contribution < -0.4 is 5.32 Å². The number of rotatable bonds is 4. The Bertz CT molecular complexity index is 1100. The lowest BCUT2D eigenvalue weighted by Crippen LogP contribution is -2.13. The van der Waals surface area contributed by atoms with Gasteiger partial charge in [0.2, 0.25) is 0 Å². The summed E-state index contributed by atoms with van der Waals surface area (Å²) in [5, 5.41) is 16.0. The van der Waals surface area contributed by atoms with Crippen molar-refractivity contribution in [3.63, 3.8) is 0 Å². The molecule has 2 heterocycles. The zero-order valence-corrected chi connectivity index (χ0v) is 15.6. The fourth-order valence-corrected chi connectivity index (χ4v) is 3.31. The monoisotopic (exact) mass is 395 g/mol. The molecule has 1 atom stereocenters. The minimum Gasteiger partial charge on any atom is -0.505 e. The number of halogens is 2. The Morgan fingerprint density at radius 1 is 0.852 bits per heavy atom. The van der Waals surface area contributed by atoms with Gasteiger partial charge in [-0.2, -0.15) is 0 Å². The smallest absolute Gasteiger partial charge is 0.147 e. The second-order valence-electron chi connectivity index (χ2n) is 6.04. The first-order chi connectivity index (χ1) is 13.1. The molecule has 2 aromatic heterocycles. The number of hydrogen-bond donors (Lipinski definition) is 2. The average Bonchev–Trinajstić information content (AvgIpc) is 2.70. The molecule has 0 fully saturated rings. The van der Waals surface area contributed by atoms with Gasteiger partial charge in [-0.15, -0.1) is 0 Å². The van der Waals surface area contributed by atoms with E-state index in [0.29, 0.717) is 26.9 Å². The summed E-state index contributed by atoms with van der Waals surface area (Å²) < 4.78 is 0. The van der Waals surface area contributed by atoms with Crippen molar-refractivity contribution in [3.05, 3.63) is 94.2 Å². The maximum absolute atomic E-state index is 10.9. The summed E-state index contributed by atoms with van der Waals surface area (Å²) in [6, 6.07) is 18.2. The topological polar surface area (TPSA) is 58.0 Å². The van der Waals surface area contributed by atoms with E-state index in [2.05, 4.69) is 15.3 Å². The van der Waals surface area contributed by atoms with Crippen LogP contribution in [0.25, 0.3) is 10.9 Å². The van der Waals surface area contributed by atoms with Gasteiger partial charge in [-0.05, 0) is 35.9 Å². The Morgan fingerprint density at radius 3 is 2.48 bits per heavy atom. The maximum atomic E-state index is 10.9. The summed E-state index contributed by atoms with van der Waals surface area (Å²) in [5.41, 5.74) is 2.06. The molecule has 0 amide bonds. The second-order valence-corrected chi connectivity index (χ2v) is 6.86. The first-order valence-corrected chi connectivity index (χ1v) is 9.08. The minimum absolute atomic E-state index is 0.118. The molecule has 27 heavy (non-hydrogen) atoms. The standard InChI is InChI=1S/C21H15Cl2N3O/c22-16-9-7-14(12-17(16)23)19(26-18-5-1-2-10-24-18)15-8-6-13-4-3-11-25-20(13)21(15)27/h1-12,19,27H,(H,24,26)/t19-/m1/s1. The zero-order chi connectivity index (χ0) is 18.8. The third-order valence-corrected chi connectivity index (χ3v) is 5.06. The van der Waals surface area contributed by atoms with E-state index in [9.17, 15) is 5.11 Å². The number of pyridine rings is 2. The van der Waals surface area contributed by atoms with Gasteiger partial charge in [0, 0.05) is 23.3 Å². The highest BCUT2D eigenvalue weighted by Crippen LogP contribution is 2.37. The van der Waals surface area contributed by atoms with Crippen LogP contribution in [0.4, 0.5) is 5.82 Å². The van der Waals surface area contributed by atoms with Crippen LogP contribution in [0.1, 0.15) is 17.2 Å². The molecule has 134 valence electrons. The van der Waals surface area contributed by atoms with Gasteiger partial charge in [-0.1, -0.05) is 53.5 Å². The SMILES string of the molecule is Oc1c([C@H](Nc2ccccn2)c2ccc(Cl)c(Cl)c2)ccc2cccnc12. The highest BCUT2D eigenvalue weighted by Gasteiger charge is 2.21. The molecule has 0 saturated heterocycles. The molecule has 0 unspecified atom stereocenters. The summed E-state index contributed by atoms with van der Waals surface area (Å²) in [6.45, 7) is 0. The molecule has 0 aliphatic rings. The predicted octanol–water partition coefficient (Wildman–Crippen LogP) is 5.84. The lowest BCUT2D eigenvalue weighted by Gasteiger charge is -2.22. The Kier molecular flexibility index (Phi) is 4.84. The number of benzene rings is 2. The third-order valence-electron chi connectivity index (χ3n) is 4.32. The Labute approximate surface area is 166 Å². The van der Waals surface area contributed by atoms with E-state index < -0.39 is 0 Å². The van der Waals surface area contributed by atoms with Crippen molar-refractivity contribution in [2.75, 3.05) is 5.32 Å². The van der Waals surface area contributed by atoms with E-state index >= 15 is 0 Å². The number of nitrogens with one attached hydrogen (secondary N) is 1. The van der Waals surface area contributed by atoms with Gasteiger partial charge in [0.05, 0.1) is 16.1 Å². The van der Waals surface area contributed by atoms with Gasteiger partial charge in [-0.3, -0.25) is 4.98 Å². The number of fused-ring (bicyclic) bond motifs is 1. The van der Waals surface area contributed by atoms with Gasteiger partial charge < -0.3 is 10.4 Å². The molecular weight excluding hydrogens is 381 g/mol. The quantitative estimate of drug-likeness (QED) is 0.455. The summed E-state index contributed by atoms with van der Waals surface area (Å²) in [7, 11) is 0. The van der Waals surface area contributed by atoms with Crippen molar-refractivity contribution in [2.45, 2.75) is 6.04 Å². The molecule has 0 radical (unpaired) electrons. The number of aromatic hydroxyl groups is 1. The summed E-state index contributed by atoms with van der Waals surface area (Å²) in [5.74, 6) is 0.793. The normalized spacial score (nSPS) is 12.1. The first-order valence-electron chi connectivity index (χ1n) is 8.32. The fraction of sp³-hybridized carbons (Fsp3) is 0.0476. The molecule has 4 nitrogen and oxygen atoms in total. The lowest BCUT2D eigenvalue weighted by molar-refractivity contribution is 0.471. The van der Waals surface area contributed by atoms with Crippen LogP contribution in [-0.2, 0) is 0 Å². The molecular formula is C21H15Cl2N3O. The predicted molar refractivity (Wildman–Crippen MR) is 110 cm³/mol. The number of aromatic nitrogens is 2. The van der Waals surface area contributed by atoms with Crippen molar-refractivity contribution >= 4 is 39.9 Å². The number of phenolic OH excluding ortho intramolecular Hbond substituents is 1. The van der Waals surface area contributed by atoms with Gasteiger partial charge in [0.25, 0.3) is 0 Å². The molecule has 0 aliphatic heterocycles. The van der Waals surface area contributed by atoms with Crippen molar-refractivity contribution in [2.24, 2.45) is 0 Å². The molecule has 0 bridgehead atoms. The van der Waals surface area contributed by atoms with E-state index in [0.717, 1.165) is 10.9 Å². The molecule has 2 aromatic carbocycles. The van der Waals surface area contributed by atoms with E-state index in [1.165, 1.54) is 0 Å². The highest BCUT2D eigenvalue weighted by molar-refractivity contribution is 6.42. The summed E-state index contributed by atoms with van der Waals surface area (Å²) in [6.07, 6.45) is 3.36. The summed E-state index contributed by atoms with van der Waals surface area (Å²) in [4.78, 5) is 8.65. The summed E-state index contributed by atoms with van der Waals surface area (Å²) >= 11 is 12.3. The van der Waals surface area contributed by atoms with Crippen LogP contribution in [-0.4, -0.2) is 15.1 Å². The van der Waals surface area contributed by atoms with Crippen molar-refractivity contribution in [1.29, 1.82) is 0 Å². The third kappa shape index (κ3) is 3.54. The second kappa shape index (κ2) is 7.43. The molecule has 4 rings (SSSR count). The molecule has 0 spiro atoms. The minimum atomic E-state index is -0.388. The highest BCUT2D eigenvalue weighted by atomic mass is 35.5. The van der Waals surface area contributed by atoms with Crippen molar-refractivity contribution < 1.29 is 5.11 Å². The number of nitrogens with zero attached hydrogens (tertiary/aromatic N) is 2. The van der Waals surface area contributed by atoms with E-state index in [1.54, 1.807) is 24.5 Å². The van der Waals surface area contributed by atoms with E-state index in [-0.39, 0.29) is 11.8 Å². The molecule has 4 aromatic rings. The molecule has 6 heteroatoms. The molecule has 2 N–H and O–H groups in total. The largest absolute Gasteiger partial charge is 0.505 e. The maximum Gasteiger partial charge on any atom is 0.147 e.